The van der Waals surface area contributed by atoms with E-state index >= 15 is 0 Å². The first kappa shape index (κ1) is 18.0. The van der Waals surface area contributed by atoms with E-state index in [1.807, 2.05) is 32.0 Å². The molecule has 0 spiro atoms. The third-order valence-corrected chi connectivity index (χ3v) is 4.40. The SMILES string of the molecule is Cc1cccc(Cl)c1OCc1ccc(/C=C/C(=O)c2cnn(C)c2C)o1. The number of rotatable bonds is 6. The lowest BCUT2D eigenvalue weighted by Gasteiger charge is -2.09. The number of aromatic nitrogens is 2. The minimum absolute atomic E-state index is 0.114. The molecule has 0 N–H and O–H groups in total. The van der Waals surface area contributed by atoms with E-state index < -0.39 is 0 Å². The standard InChI is InChI=1S/C20H19ClN2O3/c1-13-5-4-6-18(21)20(13)25-12-16-8-7-15(26-16)9-10-19(24)17-11-22-23(3)14(17)2/h4-11H,12H2,1-3H3/b10-9+. The fourth-order valence-corrected chi connectivity index (χ4v) is 2.77. The van der Waals surface area contributed by atoms with Gasteiger partial charge >= 0.3 is 0 Å². The van der Waals surface area contributed by atoms with Crippen molar-refractivity contribution in [1.29, 1.82) is 0 Å². The van der Waals surface area contributed by atoms with Crippen LogP contribution >= 0.6 is 11.6 Å². The fourth-order valence-electron chi connectivity index (χ4n) is 2.49. The molecule has 0 bridgehead atoms. The molecule has 0 atom stereocenters. The molecule has 0 aliphatic heterocycles. The monoisotopic (exact) mass is 370 g/mol. The third-order valence-electron chi connectivity index (χ3n) is 4.10. The lowest BCUT2D eigenvalue weighted by atomic mass is 10.1. The summed E-state index contributed by atoms with van der Waals surface area (Å²) in [6.07, 6.45) is 4.68. The van der Waals surface area contributed by atoms with Crippen molar-refractivity contribution in [2.75, 3.05) is 0 Å². The second-order valence-electron chi connectivity index (χ2n) is 5.94. The zero-order valence-electron chi connectivity index (χ0n) is 14.8. The van der Waals surface area contributed by atoms with Crippen LogP contribution in [0, 0.1) is 13.8 Å². The van der Waals surface area contributed by atoms with Gasteiger partial charge in [0.1, 0.15) is 23.9 Å². The lowest BCUT2D eigenvalue weighted by Crippen LogP contribution is -1.98. The number of ketones is 1. The Balaban J connectivity index is 1.64. The second-order valence-corrected chi connectivity index (χ2v) is 6.35. The van der Waals surface area contributed by atoms with Gasteiger partial charge in [-0.2, -0.15) is 5.10 Å². The zero-order chi connectivity index (χ0) is 18.7. The maximum atomic E-state index is 12.2. The Kier molecular flexibility index (Phi) is 5.28. The number of para-hydroxylation sites is 1. The molecule has 2 aromatic heterocycles. The van der Waals surface area contributed by atoms with Gasteiger partial charge in [-0.25, -0.2) is 0 Å². The lowest BCUT2D eigenvalue weighted by molar-refractivity contribution is 0.104. The number of ether oxygens (including phenoxy) is 1. The Labute approximate surface area is 156 Å². The van der Waals surface area contributed by atoms with Crippen LogP contribution in [0.5, 0.6) is 5.75 Å². The molecule has 0 amide bonds. The summed E-state index contributed by atoms with van der Waals surface area (Å²) in [6.45, 7) is 4.05. The molecule has 3 aromatic rings. The van der Waals surface area contributed by atoms with Crippen molar-refractivity contribution in [3.8, 4) is 5.75 Å². The quantitative estimate of drug-likeness (QED) is 0.463. The van der Waals surface area contributed by atoms with E-state index in [1.54, 1.807) is 36.1 Å². The Morgan fingerprint density at radius 3 is 2.81 bits per heavy atom. The van der Waals surface area contributed by atoms with E-state index in [0.29, 0.717) is 27.9 Å². The maximum Gasteiger partial charge on any atom is 0.189 e. The van der Waals surface area contributed by atoms with Crippen LogP contribution in [-0.4, -0.2) is 15.6 Å². The number of hydrogen-bond acceptors (Lipinski definition) is 4. The molecule has 3 rings (SSSR count). The number of aryl methyl sites for hydroxylation is 2. The summed E-state index contributed by atoms with van der Waals surface area (Å²) in [4.78, 5) is 12.2. The molecule has 0 saturated heterocycles. The normalized spacial score (nSPS) is 11.2. The number of furan rings is 1. The van der Waals surface area contributed by atoms with Gasteiger partial charge in [0.15, 0.2) is 5.78 Å². The van der Waals surface area contributed by atoms with Gasteiger partial charge in [-0.15, -0.1) is 0 Å². The van der Waals surface area contributed by atoms with Crippen molar-refractivity contribution in [3.63, 3.8) is 0 Å². The van der Waals surface area contributed by atoms with Gasteiger partial charge in [0, 0.05) is 12.7 Å². The molecule has 5 nitrogen and oxygen atoms in total. The van der Waals surface area contributed by atoms with Crippen LogP contribution in [-0.2, 0) is 13.7 Å². The molecule has 0 fully saturated rings. The predicted molar refractivity (Wildman–Crippen MR) is 101 cm³/mol. The number of allylic oxidation sites excluding steroid dienone is 1. The van der Waals surface area contributed by atoms with Crippen LogP contribution < -0.4 is 4.74 Å². The third kappa shape index (κ3) is 3.89. The Hall–Kier alpha value is -2.79. The van der Waals surface area contributed by atoms with Gasteiger partial charge in [0.2, 0.25) is 0 Å². The Morgan fingerprint density at radius 2 is 2.12 bits per heavy atom. The summed E-state index contributed by atoms with van der Waals surface area (Å²) >= 11 is 6.15. The molecule has 0 radical (unpaired) electrons. The summed E-state index contributed by atoms with van der Waals surface area (Å²) in [5.74, 6) is 1.75. The number of carbonyl (C=O) groups excluding carboxylic acids is 1. The van der Waals surface area contributed by atoms with E-state index in [-0.39, 0.29) is 12.4 Å². The van der Waals surface area contributed by atoms with Crippen LogP contribution in [0.2, 0.25) is 5.02 Å². The highest BCUT2D eigenvalue weighted by Crippen LogP contribution is 2.28. The van der Waals surface area contributed by atoms with Gasteiger partial charge in [0.25, 0.3) is 0 Å². The molecule has 0 saturated carbocycles. The van der Waals surface area contributed by atoms with Crippen LogP contribution in [0.15, 0.2) is 47.0 Å². The molecular weight excluding hydrogens is 352 g/mol. The predicted octanol–water partition coefficient (Wildman–Crippen LogP) is 4.76. The van der Waals surface area contributed by atoms with E-state index in [1.165, 1.54) is 6.08 Å². The maximum absolute atomic E-state index is 12.2. The summed E-state index contributed by atoms with van der Waals surface area (Å²) < 4.78 is 13.1. The highest BCUT2D eigenvalue weighted by molar-refractivity contribution is 6.32. The van der Waals surface area contributed by atoms with Crippen molar-refractivity contribution in [3.05, 3.63) is 76.0 Å². The molecule has 0 aliphatic carbocycles. The summed E-state index contributed by atoms with van der Waals surface area (Å²) in [5, 5.41) is 4.64. The summed E-state index contributed by atoms with van der Waals surface area (Å²) in [7, 11) is 1.80. The van der Waals surface area contributed by atoms with Gasteiger partial charge < -0.3 is 9.15 Å². The van der Waals surface area contributed by atoms with E-state index in [0.717, 1.165) is 11.3 Å². The van der Waals surface area contributed by atoms with Crippen LogP contribution in [0.25, 0.3) is 6.08 Å². The molecule has 2 heterocycles. The first-order chi connectivity index (χ1) is 12.5. The smallest absolute Gasteiger partial charge is 0.189 e. The molecule has 1 aromatic carbocycles. The fraction of sp³-hybridized carbons (Fsp3) is 0.200. The molecule has 0 aliphatic rings. The number of hydrogen-bond donors (Lipinski definition) is 0. The van der Waals surface area contributed by atoms with E-state index in [9.17, 15) is 4.79 Å². The molecule has 134 valence electrons. The molecule has 0 unspecified atom stereocenters. The van der Waals surface area contributed by atoms with Gasteiger partial charge in [-0.3, -0.25) is 9.48 Å². The average Bonchev–Trinajstić information content (AvgIpc) is 3.20. The average molecular weight is 371 g/mol. The first-order valence-electron chi connectivity index (χ1n) is 8.13. The molecule has 6 heteroatoms. The van der Waals surface area contributed by atoms with Crippen molar-refractivity contribution in [2.45, 2.75) is 20.5 Å². The number of carbonyl (C=O) groups is 1. The van der Waals surface area contributed by atoms with E-state index in [4.69, 9.17) is 20.8 Å². The summed E-state index contributed by atoms with van der Waals surface area (Å²) in [5.41, 5.74) is 2.36. The highest BCUT2D eigenvalue weighted by atomic mass is 35.5. The molecular formula is C20H19ClN2O3. The van der Waals surface area contributed by atoms with Crippen LogP contribution in [0.1, 0.15) is 33.1 Å². The Morgan fingerprint density at radius 1 is 1.31 bits per heavy atom. The minimum atomic E-state index is -0.114. The largest absolute Gasteiger partial charge is 0.484 e. The van der Waals surface area contributed by atoms with Crippen molar-refractivity contribution in [2.24, 2.45) is 7.05 Å². The topological polar surface area (TPSA) is 57.3 Å². The Bertz CT molecular complexity index is 949. The van der Waals surface area contributed by atoms with Crippen molar-refractivity contribution < 1.29 is 13.9 Å². The van der Waals surface area contributed by atoms with Crippen molar-refractivity contribution in [1.82, 2.24) is 9.78 Å². The van der Waals surface area contributed by atoms with Gasteiger partial charge in [0.05, 0.1) is 16.8 Å². The number of halogens is 1. The van der Waals surface area contributed by atoms with Crippen LogP contribution in [0.3, 0.4) is 0 Å². The van der Waals surface area contributed by atoms with Crippen molar-refractivity contribution >= 4 is 23.5 Å². The number of nitrogens with zero attached hydrogens (tertiary/aromatic N) is 2. The second kappa shape index (κ2) is 7.62. The van der Waals surface area contributed by atoms with Gasteiger partial charge in [-0.05, 0) is 49.8 Å². The minimum Gasteiger partial charge on any atom is -0.484 e. The zero-order valence-corrected chi connectivity index (χ0v) is 15.6. The number of benzene rings is 1. The molecule has 26 heavy (non-hydrogen) atoms. The highest BCUT2D eigenvalue weighted by Gasteiger charge is 2.10. The van der Waals surface area contributed by atoms with Gasteiger partial charge in [-0.1, -0.05) is 23.7 Å². The summed E-state index contributed by atoms with van der Waals surface area (Å²) in [6, 6.07) is 9.20. The van der Waals surface area contributed by atoms with Crippen LogP contribution in [0.4, 0.5) is 0 Å². The van der Waals surface area contributed by atoms with E-state index in [2.05, 4.69) is 5.10 Å². The first-order valence-corrected chi connectivity index (χ1v) is 8.51.